The van der Waals surface area contributed by atoms with Crippen molar-refractivity contribution in [1.82, 2.24) is 0 Å². The van der Waals surface area contributed by atoms with Crippen LogP contribution in [0, 0.1) is 13.8 Å². The molecule has 0 spiro atoms. The monoisotopic (exact) mass is 402 g/mol. The Morgan fingerprint density at radius 2 is 1.54 bits per heavy atom. The van der Waals surface area contributed by atoms with Crippen LogP contribution in [0.15, 0.2) is 42.5 Å². The van der Waals surface area contributed by atoms with E-state index < -0.39 is 35.4 Å². The Labute approximate surface area is 157 Å². The van der Waals surface area contributed by atoms with Crippen molar-refractivity contribution in [2.24, 2.45) is 0 Å². The summed E-state index contributed by atoms with van der Waals surface area (Å²) in [7, 11) is 0. The van der Waals surface area contributed by atoms with Crippen molar-refractivity contribution in [2.45, 2.75) is 32.1 Å². The molecule has 0 radical (unpaired) electrons. The van der Waals surface area contributed by atoms with Crippen LogP contribution in [0.4, 0.5) is 26.3 Å². The summed E-state index contributed by atoms with van der Waals surface area (Å²) in [5, 5.41) is 8.88. The zero-order valence-electron chi connectivity index (χ0n) is 14.8. The Bertz CT molecular complexity index is 890. The lowest BCUT2D eigenvalue weighted by molar-refractivity contribution is -0.139. The summed E-state index contributed by atoms with van der Waals surface area (Å²) in [6, 6.07) is 6.72. The molecule has 0 aliphatic carbocycles. The van der Waals surface area contributed by atoms with Crippen LogP contribution in [-0.2, 0) is 6.18 Å². The summed E-state index contributed by atoms with van der Waals surface area (Å²) in [4.78, 5) is 11.0. The molecule has 0 aromatic heterocycles. The molecule has 1 atom stereocenters. The van der Waals surface area contributed by atoms with Crippen molar-refractivity contribution in [1.29, 1.82) is 0 Å². The van der Waals surface area contributed by atoms with Crippen molar-refractivity contribution in [3.63, 3.8) is 0 Å². The lowest BCUT2D eigenvalue weighted by atomic mass is 9.93. The first-order valence-electron chi connectivity index (χ1n) is 8.06. The van der Waals surface area contributed by atoms with Gasteiger partial charge >= 0.3 is 18.3 Å². The molecule has 0 bridgehead atoms. The number of alkyl halides is 6. The zero-order chi connectivity index (χ0) is 21.3. The van der Waals surface area contributed by atoms with Gasteiger partial charge < -0.3 is 5.11 Å². The third-order valence-corrected chi connectivity index (χ3v) is 4.02. The molecule has 8 heteroatoms. The van der Waals surface area contributed by atoms with Gasteiger partial charge in [0.1, 0.15) is 0 Å². The second kappa shape index (κ2) is 7.69. The summed E-state index contributed by atoms with van der Waals surface area (Å²) in [5.41, 5.74) is -1.34. The fourth-order valence-electron chi connectivity index (χ4n) is 2.89. The summed E-state index contributed by atoms with van der Waals surface area (Å²) in [6.07, 6.45) is -7.92. The van der Waals surface area contributed by atoms with Gasteiger partial charge in [0.05, 0.1) is 17.0 Å². The van der Waals surface area contributed by atoms with Gasteiger partial charge in [-0.2, -0.15) is 26.3 Å². The standard InChI is InChI=1S/C20H16F6O2/c1-11-7-12(2)9-14(8-11)16(19(21,22)23)6-4-13-3-5-15(18(27)28)17(10-13)20(24,25)26/h3-10,16H,1-2H3,(H,27,28)/b6-4+. The highest BCUT2D eigenvalue weighted by atomic mass is 19.4. The molecular weight excluding hydrogens is 386 g/mol. The first-order valence-corrected chi connectivity index (χ1v) is 8.06. The highest BCUT2D eigenvalue weighted by Gasteiger charge is 2.39. The second-order valence-electron chi connectivity index (χ2n) is 6.41. The highest BCUT2D eigenvalue weighted by molar-refractivity contribution is 5.90. The predicted octanol–water partition coefficient (Wildman–Crippen LogP) is 6.38. The number of hydrogen-bond acceptors (Lipinski definition) is 1. The number of hydrogen-bond donors (Lipinski definition) is 1. The van der Waals surface area contributed by atoms with E-state index in [1.807, 2.05) is 0 Å². The van der Waals surface area contributed by atoms with Gasteiger partial charge in [-0.3, -0.25) is 0 Å². The molecule has 28 heavy (non-hydrogen) atoms. The number of aryl methyl sites for hydroxylation is 2. The Morgan fingerprint density at radius 3 is 2.00 bits per heavy atom. The maximum Gasteiger partial charge on any atom is 0.417 e. The number of carboxylic acids is 1. The molecule has 0 amide bonds. The molecule has 0 saturated carbocycles. The molecule has 2 aromatic rings. The van der Waals surface area contributed by atoms with Crippen LogP contribution in [0.2, 0.25) is 0 Å². The van der Waals surface area contributed by atoms with Gasteiger partial charge in [-0.15, -0.1) is 0 Å². The maximum absolute atomic E-state index is 13.5. The molecule has 2 nitrogen and oxygen atoms in total. The number of carboxylic acid groups (broad SMARTS) is 1. The number of allylic oxidation sites excluding steroid dienone is 1. The van der Waals surface area contributed by atoms with Gasteiger partial charge in [-0.05, 0) is 37.1 Å². The van der Waals surface area contributed by atoms with Crippen LogP contribution in [0.25, 0.3) is 6.08 Å². The lowest BCUT2D eigenvalue weighted by Crippen LogP contribution is -2.19. The predicted molar refractivity (Wildman–Crippen MR) is 92.1 cm³/mol. The molecular formula is C20H16F6O2. The van der Waals surface area contributed by atoms with Crippen LogP contribution < -0.4 is 0 Å². The third-order valence-electron chi connectivity index (χ3n) is 4.02. The van der Waals surface area contributed by atoms with E-state index >= 15 is 0 Å². The lowest BCUT2D eigenvalue weighted by Gasteiger charge is -2.18. The minimum Gasteiger partial charge on any atom is -0.478 e. The smallest absolute Gasteiger partial charge is 0.417 e. The minimum absolute atomic E-state index is 0.0283. The molecule has 1 N–H and O–H groups in total. The maximum atomic E-state index is 13.5. The Morgan fingerprint density at radius 1 is 0.964 bits per heavy atom. The van der Waals surface area contributed by atoms with Gasteiger partial charge in [0.2, 0.25) is 0 Å². The third kappa shape index (κ3) is 5.15. The highest BCUT2D eigenvalue weighted by Crippen LogP contribution is 2.38. The second-order valence-corrected chi connectivity index (χ2v) is 6.41. The summed E-state index contributed by atoms with van der Waals surface area (Å²) in [5.74, 6) is -3.79. The molecule has 0 fully saturated rings. The van der Waals surface area contributed by atoms with E-state index in [1.165, 1.54) is 12.1 Å². The van der Waals surface area contributed by atoms with Crippen molar-refractivity contribution < 1.29 is 36.2 Å². The number of benzene rings is 2. The number of halogens is 6. The molecule has 0 aliphatic rings. The van der Waals surface area contributed by atoms with Gasteiger partial charge in [0, 0.05) is 0 Å². The average Bonchev–Trinajstić information content (AvgIpc) is 2.51. The number of carbonyl (C=O) groups is 1. The zero-order valence-corrected chi connectivity index (χ0v) is 14.8. The average molecular weight is 402 g/mol. The summed E-state index contributed by atoms with van der Waals surface area (Å²) in [6.45, 7) is 3.29. The first-order chi connectivity index (χ1) is 12.8. The molecule has 0 saturated heterocycles. The van der Waals surface area contributed by atoms with Crippen LogP contribution in [-0.4, -0.2) is 17.3 Å². The SMILES string of the molecule is Cc1cc(C)cc(C(/C=C/c2ccc(C(=O)O)c(C(F)(F)F)c2)C(F)(F)F)c1. The van der Waals surface area contributed by atoms with E-state index in [4.69, 9.17) is 5.11 Å². The van der Waals surface area contributed by atoms with Crippen LogP contribution in [0.1, 0.15) is 44.1 Å². The number of rotatable bonds is 4. The normalized spacial score (nSPS) is 13.7. The van der Waals surface area contributed by atoms with E-state index in [1.54, 1.807) is 19.9 Å². The quantitative estimate of drug-likeness (QED) is 0.603. The van der Waals surface area contributed by atoms with E-state index in [9.17, 15) is 31.1 Å². The minimum atomic E-state index is -4.95. The molecule has 0 heterocycles. The van der Waals surface area contributed by atoms with E-state index in [0.717, 1.165) is 24.3 Å². The van der Waals surface area contributed by atoms with Gasteiger partial charge in [0.25, 0.3) is 0 Å². The van der Waals surface area contributed by atoms with Crippen LogP contribution in [0.5, 0.6) is 0 Å². The summed E-state index contributed by atoms with van der Waals surface area (Å²) < 4.78 is 79.7. The van der Waals surface area contributed by atoms with E-state index in [-0.39, 0.29) is 11.1 Å². The van der Waals surface area contributed by atoms with Gasteiger partial charge in [0.15, 0.2) is 0 Å². The van der Waals surface area contributed by atoms with Gasteiger partial charge in [-0.25, -0.2) is 4.79 Å². The Kier molecular flexibility index (Phi) is 5.91. The molecule has 150 valence electrons. The Balaban J connectivity index is 2.49. The van der Waals surface area contributed by atoms with Crippen molar-refractivity contribution in [3.05, 3.63) is 75.9 Å². The fourth-order valence-corrected chi connectivity index (χ4v) is 2.89. The van der Waals surface area contributed by atoms with E-state index in [2.05, 4.69) is 0 Å². The number of aromatic carboxylic acids is 1. The molecule has 2 rings (SSSR count). The van der Waals surface area contributed by atoms with Gasteiger partial charge in [-0.1, -0.05) is 47.5 Å². The summed E-state index contributed by atoms with van der Waals surface area (Å²) >= 11 is 0. The van der Waals surface area contributed by atoms with Crippen LogP contribution >= 0.6 is 0 Å². The first kappa shape index (κ1) is 21.5. The molecule has 2 aromatic carbocycles. The van der Waals surface area contributed by atoms with E-state index in [0.29, 0.717) is 17.2 Å². The topological polar surface area (TPSA) is 37.3 Å². The van der Waals surface area contributed by atoms with Crippen molar-refractivity contribution in [3.8, 4) is 0 Å². The van der Waals surface area contributed by atoms with Crippen molar-refractivity contribution >= 4 is 12.0 Å². The molecule has 1 unspecified atom stereocenters. The van der Waals surface area contributed by atoms with Crippen LogP contribution in [0.3, 0.4) is 0 Å². The van der Waals surface area contributed by atoms with Crippen molar-refractivity contribution in [2.75, 3.05) is 0 Å². The Hall–Kier alpha value is -2.77. The largest absolute Gasteiger partial charge is 0.478 e. The molecule has 0 aliphatic heterocycles. The fraction of sp³-hybridized carbons (Fsp3) is 0.250.